The Balaban J connectivity index is 2.99. The number of nitrogens with two attached hydrogens (primary N) is 1. The van der Waals surface area contributed by atoms with E-state index in [1.807, 2.05) is 6.07 Å². The van der Waals surface area contributed by atoms with Gasteiger partial charge in [0, 0.05) is 10.0 Å². The number of rotatable bonds is 4. The fraction of sp³-hybridized carbons (Fsp3) is 0.385. The van der Waals surface area contributed by atoms with Gasteiger partial charge in [-0.3, -0.25) is 15.5 Å². The Morgan fingerprint density at radius 2 is 2.05 bits per heavy atom. The van der Waals surface area contributed by atoms with E-state index in [2.05, 4.69) is 19.2 Å². The number of nitrogens with one attached hydrogen (secondary N) is 2. The summed E-state index contributed by atoms with van der Waals surface area (Å²) in [4.78, 5) is 11.6. The van der Waals surface area contributed by atoms with Gasteiger partial charge in [0.1, 0.15) is 0 Å². The van der Waals surface area contributed by atoms with Crippen LogP contribution >= 0.6 is 23.2 Å². The molecule has 1 aromatic carbocycles. The van der Waals surface area contributed by atoms with Gasteiger partial charge in [-0.1, -0.05) is 43.1 Å². The molecule has 4 nitrogen and oxygen atoms in total. The van der Waals surface area contributed by atoms with Crippen molar-refractivity contribution in [2.24, 2.45) is 11.7 Å². The van der Waals surface area contributed by atoms with E-state index in [0.29, 0.717) is 21.5 Å². The minimum Gasteiger partial charge on any atom is -0.370 e. The van der Waals surface area contributed by atoms with Crippen LogP contribution in [0.25, 0.3) is 0 Å². The van der Waals surface area contributed by atoms with Crippen molar-refractivity contribution < 1.29 is 4.79 Å². The molecule has 0 fully saturated rings. The molecule has 0 bridgehead atoms. The number of guanidine groups is 1. The van der Waals surface area contributed by atoms with Crippen LogP contribution in [-0.4, -0.2) is 11.9 Å². The van der Waals surface area contributed by atoms with Crippen molar-refractivity contribution in [1.29, 1.82) is 5.41 Å². The fourth-order valence-electron chi connectivity index (χ4n) is 1.76. The highest BCUT2D eigenvalue weighted by Gasteiger charge is 2.15. The smallest absolute Gasteiger partial charge is 0.231 e. The summed E-state index contributed by atoms with van der Waals surface area (Å²) in [5.41, 5.74) is 6.64. The molecule has 0 heterocycles. The van der Waals surface area contributed by atoms with Crippen molar-refractivity contribution in [2.75, 3.05) is 0 Å². The first-order chi connectivity index (χ1) is 8.81. The third kappa shape index (κ3) is 4.73. The van der Waals surface area contributed by atoms with Gasteiger partial charge in [-0.25, -0.2) is 0 Å². The van der Waals surface area contributed by atoms with E-state index in [1.165, 1.54) is 0 Å². The Kier molecular flexibility index (Phi) is 5.63. The van der Waals surface area contributed by atoms with Crippen LogP contribution in [0, 0.1) is 11.3 Å². The largest absolute Gasteiger partial charge is 0.370 e. The standard InChI is InChI=1S/C13H17Cl2N3O/c1-7(2)5-8-3-4-10(14)9(12(8)15)6-11(19)18-13(16)17/h3-4,7H,5-6H2,1-2H3,(H4,16,17,18,19). The van der Waals surface area contributed by atoms with Gasteiger partial charge in [0.25, 0.3) is 0 Å². The Morgan fingerprint density at radius 3 is 2.58 bits per heavy atom. The van der Waals surface area contributed by atoms with Crippen molar-refractivity contribution >= 4 is 35.1 Å². The second-order valence-electron chi connectivity index (χ2n) is 4.74. The molecule has 0 saturated heterocycles. The molecular formula is C13H17Cl2N3O. The Labute approximate surface area is 122 Å². The van der Waals surface area contributed by atoms with Crippen LogP contribution < -0.4 is 11.1 Å². The van der Waals surface area contributed by atoms with Crippen molar-refractivity contribution in [2.45, 2.75) is 26.7 Å². The van der Waals surface area contributed by atoms with Gasteiger partial charge in [0.2, 0.25) is 5.91 Å². The summed E-state index contributed by atoms with van der Waals surface area (Å²) < 4.78 is 0. The summed E-state index contributed by atoms with van der Waals surface area (Å²) in [5, 5.41) is 10.2. The van der Waals surface area contributed by atoms with Crippen LogP contribution in [-0.2, 0) is 17.6 Å². The SMILES string of the molecule is CC(C)Cc1ccc(Cl)c(CC(=O)NC(=N)N)c1Cl. The maximum atomic E-state index is 11.6. The molecule has 104 valence electrons. The summed E-state index contributed by atoms with van der Waals surface area (Å²) in [6.45, 7) is 4.18. The maximum Gasteiger partial charge on any atom is 0.231 e. The zero-order chi connectivity index (χ0) is 14.6. The summed E-state index contributed by atoms with van der Waals surface area (Å²) >= 11 is 12.4. The van der Waals surface area contributed by atoms with Crippen LogP contribution in [0.2, 0.25) is 10.0 Å². The third-order valence-electron chi connectivity index (χ3n) is 2.51. The first-order valence-corrected chi connectivity index (χ1v) is 6.66. The van der Waals surface area contributed by atoms with Crippen LogP contribution in [0.15, 0.2) is 12.1 Å². The summed E-state index contributed by atoms with van der Waals surface area (Å²) in [7, 11) is 0. The predicted molar refractivity (Wildman–Crippen MR) is 78.8 cm³/mol. The topological polar surface area (TPSA) is 79.0 Å². The highest BCUT2D eigenvalue weighted by atomic mass is 35.5. The molecule has 4 N–H and O–H groups in total. The fourth-order valence-corrected chi connectivity index (χ4v) is 2.34. The molecule has 1 aromatic rings. The summed E-state index contributed by atoms with van der Waals surface area (Å²) in [6, 6.07) is 3.61. The predicted octanol–water partition coefficient (Wildman–Crippen LogP) is 2.74. The number of hydrogen-bond donors (Lipinski definition) is 3. The Morgan fingerprint density at radius 1 is 1.42 bits per heavy atom. The van der Waals surface area contributed by atoms with Crippen LogP contribution in [0.5, 0.6) is 0 Å². The quantitative estimate of drug-likeness (QED) is 0.590. The number of carbonyl (C=O) groups excluding carboxylic acids is 1. The molecule has 6 heteroatoms. The van der Waals surface area contributed by atoms with Crippen molar-refractivity contribution in [1.82, 2.24) is 5.32 Å². The van der Waals surface area contributed by atoms with E-state index in [0.717, 1.165) is 12.0 Å². The third-order valence-corrected chi connectivity index (χ3v) is 3.33. The van der Waals surface area contributed by atoms with Crippen molar-refractivity contribution in [3.8, 4) is 0 Å². The maximum absolute atomic E-state index is 11.6. The highest BCUT2D eigenvalue weighted by molar-refractivity contribution is 6.36. The lowest BCUT2D eigenvalue weighted by atomic mass is 9.99. The van der Waals surface area contributed by atoms with Crippen LogP contribution in [0.1, 0.15) is 25.0 Å². The molecule has 0 saturated carbocycles. The van der Waals surface area contributed by atoms with E-state index >= 15 is 0 Å². The highest BCUT2D eigenvalue weighted by Crippen LogP contribution is 2.30. The minimum atomic E-state index is -0.405. The zero-order valence-corrected chi connectivity index (χ0v) is 12.4. The molecule has 0 aliphatic carbocycles. The number of carbonyl (C=O) groups is 1. The van der Waals surface area contributed by atoms with Gasteiger partial charge in [0.15, 0.2) is 5.96 Å². The summed E-state index contributed by atoms with van der Waals surface area (Å²) in [6.07, 6.45) is 0.820. The molecule has 1 amide bonds. The van der Waals surface area contributed by atoms with Gasteiger partial charge in [-0.05, 0) is 29.5 Å². The Bertz CT molecular complexity index is 501. The molecule has 0 aliphatic rings. The van der Waals surface area contributed by atoms with Gasteiger partial charge >= 0.3 is 0 Å². The molecule has 0 radical (unpaired) electrons. The van der Waals surface area contributed by atoms with Crippen molar-refractivity contribution in [3.05, 3.63) is 33.3 Å². The Hall–Kier alpha value is -1.26. The lowest BCUT2D eigenvalue weighted by molar-refractivity contribution is -0.119. The zero-order valence-electron chi connectivity index (χ0n) is 10.9. The molecule has 0 unspecified atom stereocenters. The van der Waals surface area contributed by atoms with E-state index < -0.39 is 11.9 Å². The second-order valence-corrected chi connectivity index (χ2v) is 5.52. The average Bonchev–Trinajstić information content (AvgIpc) is 2.27. The van der Waals surface area contributed by atoms with Gasteiger partial charge < -0.3 is 5.73 Å². The lowest BCUT2D eigenvalue weighted by Crippen LogP contribution is -2.36. The van der Waals surface area contributed by atoms with Crippen LogP contribution in [0.4, 0.5) is 0 Å². The molecule has 1 rings (SSSR count). The van der Waals surface area contributed by atoms with E-state index in [1.54, 1.807) is 6.07 Å². The normalized spacial score (nSPS) is 10.6. The molecule has 0 aromatic heterocycles. The number of halogens is 2. The van der Waals surface area contributed by atoms with E-state index in [-0.39, 0.29) is 6.42 Å². The monoisotopic (exact) mass is 301 g/mol. The van der Waals surface area contributed by atoms with E-state index in [9.17, 15) is 4.79 Å². The average molecular weight is 302 g/mol. The first kappa shape index (κ1) is 15.8. The van der Waals surface area contributed by atoms with Gasteiger partial charge in [-0.15, -0.1) is 0 Å². The molecular weight excluding hydrogens is 285 g/mol. The van der Waals surface area contributed by atoms with Gasteiger partial charge in [-0.2, -0.15) is 0 Å². The van der Waals surface area contributed by atoms with E-state index in [4.69, 9.17) is 34.3 Å². The first-order valence-electron chi connectivity index (χ1n) is 5.91. The number of hydrogen-bond acceptors (Lipinski definition) is 2. The second kappa shape index (κ2) is 6.78. The molecule has 19 heavy (non-hydrogen) atoms. The minimum absolute atomic E-state index is 0.00316. The number of benzene rings is 1. The summed E-state index contributed by atoms with van der Waals surface area (Å²) in [5.74, 6) is -0.342. The molecule has 0 aliphatic heterocycles. The molecule has 0 spiro atoms. The van der Waals surface area contributed by atoms with Crippen molar-refractivity contribution in [3.63, 3.8) is 0 Å². The molecule has 0 atom stereocenters. The van der Waals surface area contributed by atoms with Gasteiger partial charge in [0.05, 0.1) is 6.42 Å². The van der Waals surface area contributed by atoms with Crippen LogP contribution in [0.3, 0.4) is 0 Å². The number of amides is 1. The lowest BCUT2D eigenvalue weighted by Gasteiger charge is -2.13.